The Labute approximate surface area is 146 Å². The maximum Gasteiger partial charge on any atom is 0.313 e. The molecule has 1 aromatic rings. The van der Waals surface area contributed by atoms with Crippen molar-refractivity contribution in [2.45, 2.75) is 27.7 Å². The van der Waals surface area contributed by atoms with Gasteiger partial charge in [0.15, 0.2) is 5.11 Å². The number of nitrogens with two attached hydrogens (primary N) is 1. The fourth-order valence-electron chi connectivity index (χ4n) is 1.40. The Morgan fingerprint density at radius 3 is 2.29 bits per heavy atom. The number of esters is 2. The first kappa shape index (κ1) is 19.6. The minimum Gasteiger partial charge on any atom is -0.426 e. The second-order valence-electron chi connectivity index (χ2n) is 5.59. The average molecular weight is 351 g/mol. The van der Waals surface area contributed by atoms with Gasteiger partial charge in [0.05, 0.1) is 18.1 Å². The summed E-state index contributed by atoms with van der Waals surface area (Å²) in [6.07, 6.45) is 1.40. The maximum absolute atomic E-state index is 11.9. The molecule has 0 aliphatic carbocycles. The topological polar surface area (TPSA) is 103 Å². The summed E-state index contributed by atoms with van der Waals surface area (Å²) >= 11 is 4.65. The lowest BCUT2D eigenvalue weighted by atomic mass is 10.2. The number of nitrogens with one attached hydrogen (secondary N) is 1. The number of hydrogen-bond acceptors (Lipinski definition) is 6. The molecule has 0 amide bonds. The van der Waals surface area contributed by atoms with Gasteiger partial charge in [-0.05, 0) is 24.4 Å². The largest absolute Gasteiger partial charge is 0.426 e. The van der Waals surface area contributed by atoms with Crippen molar-refractivity contribution in [3.8, 4) is 11.5 Å². The molecule has 0 fully saturated rings. The third-order valence-electron chi connectivity index (χ3n) is 2.74. The van der Waals surface area contributed by atoms with Gasteiger partial charge in [0, 0.05) is 11.6 Å². The highest BCUT2D eigenvalue weighted by Gasteiger charge is 2.15. The molecular formula is C16H21N3O4S. The molecule has 8 heteroatoms. The second-order valence-corrected chi connectivity index (χ2v) is 6.03. The SMILES string of the molecule is CC(C)C(=O)Oc1ccc(/C=N/NC(N)=S)c(OC(=O)C(C)C)c1. The summed E-state index contributed by atoms with van der Waals surface area (Å²) in [7, 11) is 0. The molecule has 1 rings (SSSR count). The van der Waals surface area contributed by atoms with Crippen molar-refractivity contribution >= 4 is 35.5 Å². The van der Waals surface area contributed by atoms with Gasteiger partial charge in [0.1, 0.15) is 11.5 Å². The van der Waals surface area contributed by atoms with Crippen LogP contribution in [-0.2, 0) is 9.59 Å². The third-order valence-corrected chi connectivity index (χ3v) is 2.83. The van der Waals surface area contributed by atoms with Crippen molar-refractivity contribution in [2.75, 3.05) is 0 Å². The van der Waals surface area contributed by atoms with Crippen LogP contribution in [0.4, 0.5) is 0 Å². The van der Waals surface area contributed by atoms with Crippen LogP contribution in [0.5, 0.6) is 11.5 Å². The molecule has 0 aromatic heterocycles. The standard InChI is InChI=1S/C16H21N3O4S/c1-9(2)14(20)22-12-6-5-11(8-18-19-16(17)24)13(7-12)23-15(21)10(3)4/h5-10H,1-4H3,(H3,17,19,24)/b18-8+. The van der Waals surface area contributed by atoms with E-state index in [0.717, 1.165) is 0 Å². The zero-order valence-corrected chi connectivity index (χ0v) is 14.8. The Kier molecular flexibility index (Phi) is 7.31. The molecule has 0 unspecified atom stereocenters. The molecule has 0 atom stereocenters. The van der Waals surface area contributed by atoms with Gasteiger partial charge in [0.2, 0.25) is 0 Å². The zero-order chi connectivity index (χ0) is 18.3. The number of hydrogen-bond donors (Lipinski definition) is 2. The molecule has 24 heavy (non-hydrogen) atoms. The molecule has 1 aromatic carbocycles. The molecule has 0 aliphatic rings. The van der Waals surface area contributed by atoms with Crippen molar-refractivity contribution in [2.24, 2.45) is 22.7 Å². The van der Waals surface area contributed by atoms with Crippen LogP contribution in [0.2, 0.25) is 0 Å². The van der Waals surface area contributed by atoms with Crippen molar-refractivity contribution in [3.63, 3.8) is 0 Å². The summed E-state index contributed by atoms with van der Waals surface area (Å²) in [5.41, 5.74) is 8.20. The highest BCUT2D eigenvalue weighted by atomic mass is 32.1. The van der Waals surface area contributed by atoms with Gasteiger partial charge < -0.3 is 15.2 Å². The number of ether oxygens (including phenoxy) is 2. The van der Waals surface area contributed by atoms with E-state index in [4.69, 9.17) is 15.2 Å². The highest BCUT2D eigenvalue weighted by Crippen LogP contribution is 2.25. The second kappa shape index (κ2) is 8.97. The number of benzene rings is 1. The molecule has 0 aliphatic heterocycles. The van der Waals surface area contributed by atoms with Gasteiger partial charge in [-0.3, -0.25) is 15.0 Å². The summed E-state index contributed by atoms with van der Waals surface area (Å²) in [4.78, 5) is 23.5. The van der Waals surface area contributed by atoms with Crippen LogP contribution in [0, 0.1) is 11.8 Å². The van der Waals surface area contributed by atoms with Crippen molar-refractivity contribution in [1.82, 2.24) is 5.43 Å². The minimum absolute atomic E-state index is 0.00876. The number of nitrogens with zero attached hydrogens (tertiary/aromatic N) is 1. The predicted molar refractivity (Wildman–Crippen MR) is 94.9 cm³/mol. The summed E-state index contributed by atoms with van der Waals surface area (Å²) in [6.45, 7) is 6.88. The highest BCUT2D eigenvalue weighted by molar-refractivity contribution is 7.80. The number of rotatable bonds is 6. The van der Waals surface area contributed by atoms with Crippen LogP contribution in [-0.4, -0.2) is 23.3 Å². The number of carbonyl (C=O) groups excluding carboxylic acids is 2. The molecule has 7 nitrogen and oxygen atoms in total. The van der Waals surface area contributed by atoms with Gasteiger partial charge in [-0.25, -0.2) is 0 Å². The molecule has 0 spiro atoms. The summed E-state index contributed by atoms with van der Waals surface area (Å²) in [6, 6.07) is 4.65. The lowest BCUT2D eigenvalue weighted by Crippen LogP contribution is -2.24. The average Bonchev–Trinajstić information content (AvgIpc) is 2.48. The Bertz CT molecular complexity index is 657. The normalized spacial score (nSPS) is 10.9. The zero-order valence-electron chi connectivity index (χ0n) is 14.0. The molecule has 0 radical (unpaired) electrons. The fraction of sp³-hybridized carbons (Fsp3) is 0.375. The quantitative estimate of drug-likeness (QED) is 0.265. The van der Waals surface area contributed by atoms with E-state index in [0.29, 0.717) is 5.56 Å². The van der Waals surface area contributed by atoms with Crippen molar-refractivity contribution < 1.29 is 19.1 Å². The van der Waals surface area contributed by atoms with E-state index in [1.807, 2.05) is 0 Å². The van der Waals surface area contributed by atoms with E-state index >= 15 is 0 Å². The number of carbonyl (C=O) groups is 2. The van der Waals surface area contributed by atoms with Crippen LogP contribution in [0.25, 0.3) is 0 Å². The number of thiocarbonyl (C=S) groups is 1. The Morgan fingerprint density at radius 1 is 1.17 bits per heavy atom. The van der Waals surface area contributed by atoms with Gasteiger partial charge in [0.25, 0.3) is 0 Å². The summed E-state index contributed by atoms with van der Waals surface area (Å²) in [5, 5.41) is 3.84. The minimum atomic E-state index is -0.417. The summed E-state index contributed by atoms with van der Waals surface area (Å²) in [5.74, 6) is -0.892. The van der Waals surface area contributed by atoms with Crippen LogP contribution in [0.3, 0.4) is 0 Å². The fourth-order valence-corrected chi connectivity index (χ4v) is 1.45. The van der Waals surface area contributed by atoms with E-state index in [1.165, 1.54) is 12.3 Å². The van der Waals surface area contributed by atoms with E-state index < -0.39 is 5.97 Å². The van der Waals surface area contributed by atoms with Crippen LogP contribution < -0.4 is 20.6 Å². The van der Waals surface area contributed by atoms with Crippen molar-refractivity contribution in [1.29, 1.82) is 0 Å². The molecule has 3 N–H and O–H groups in total. The van der Waals surface area contributed by atoms with Gasteiger partial charge in [-0.1, -0.05) is 27.7 Å². The molecule has 0 bridgehead atoms. The van der Waals surface area contributed by atoms with Gasteiger partial charge in [-0.15, -0.1) is 0 Å². The van der Waals surface area contributed by atoms with Crippen LogP contribution in [0.15, 0.2) is 23.3 Å². The Morgan fingerprint density at radius 2 is 1.75 bits per heavy atom. The Balaban J connectivity index is 3.08. The summed E-state index contributed by atoms with van der Waals surface area (Å²) < 4.78 is 10.6. The first-order valence-electron chi connectivity index (χ1n) is 7.36. The smallest absolute Gasteiger partial charge is 0.313 e. The maximum atomic E-state index is 11.9. The number of hydrazone groups is 1. The van der Waals surface area contributed by atoms with E-state index in [9.17, 15) is 9.59 Å². The molecule has 0 heterocycles. The van der Waals surface area contributed by atoms with Gasteiger partial charge >= 0.3 is 11.9 Å². The van der Waals surface area contributed by atoms with Crippen LogP contribution in [0.1, 0.15) is 33.3 Å². The monoisotopic (exact) mass is 351 g/mol. The third kappa shape index (κ3) is 6.33. The lowest BCUT2D eigenvalue weighted by molar-refractivity contribution is -0.138. The van der Waals surface area contributed by atoms with Crippen molar-refractivity contribution in [3.05, 3.63) is 23.8 Å². The van der Waals surface area contributed by atoms with E-state index in [1.54, 1.807) is 39.8 Å². The Hall–Kier alpha value is -2.48. The van der Waals surface area contributed by atoms with E-state index in [-0.39, 0.29) is 34.4 Å². The molecular weight excluding hydrogens is 330 g/mol. The lowest BCUT2D eigenvalue weighted by Gasteiger charge is -2.12. The predicted octanol–water partition coefficient (Wildman–Crippen LogP) is 1.98. The molecule has 0 saturated heterocycles. The van der Waals surface area contributed by atoms with E-state index in [2.05, 4.69) is 22.7 Å². The molecule has 130 valence electrons. The first-order valence-corrected chi connectivity index (χ1v) is 7.77. The first-order chi connectivity index (χ1) is 11.2. The van der Waals surface area contributed by atoms with Crippen LogP contribution >= 0.6 is 12.2 Å². The van der Waals surface area contributed by atoms with Gasteiger partial charge in [-0.2, -0.15) is 5.10 Å². The molecule has 0 saturated carbocycles.